The van der Waals surface area contributed by atoms with Gasteiger partial charge in [0.2, 0.25) is 5.91 Å². The first-order valence-electron chi connectivity index (χ1n) is 5.66. The van der Waals surface area contributed by atoms with Crippen molar-refractivity contribution < 1.29 is 9.59 Å². The summed E-state index contributed by atoms with van der Waals surface area (Å²) in [7, 11) is 0. The lowest BCUT2D eigenvalue weighted by atomic mass is 9.85. The second kappa shape index (κ2) is 4.31. The van der Waals surface area contributed by atoms with E-state index in [1.54, 1.807) is 6.92 Å². The molecule has 1 N–H and O–H groups in total. The second-order valence-electron chi connectivity index (χ2n) is 4.70. The highest BCUT2D eigenvalue weighted by Gasteiger charge is 2.33. The summed E-state index contributed by atoms with van der Waals surface area (Å²) in [4.78, 5) is 24.4. The van der Waals surface area contributed by atoms with Crippen LogP contribution in [0.2, 0.25) is 0 Å². The molecule has 0 aromatic heterocycles. The lowest BCUT2D eigenvalue weighted by Crippen LogP contribution is -2.54. The first-order valence-corrected chi connectivity index (χ1v) is 5.66. The highest BCUT2D eigenvalue weighted by atomic mass is 16.1. The maximum Gasteiger partial charge on any atom is 0.220 e. The number of ketones is 1. The van der Waals surface area contributed by atoms with Crippen LogP contribution in [0.15, 0.2) is 0 Å². The Kier molecular flexibility index (Phi) is 3.05. The van der Waals surface area contributed by atoms with Crippen LogP contribution in [-0.2, 0) is 9.59 Å². The summed E-state index contributed by atoms with van der Waals surface area (Å²) in [5.41, 5.74) is 0. The number of amides is 1. The average molecular weight is 210 g/mol. The van der Waals surface area contributed by atoms with Gasteiger partial charge >= 0.3 is 0 Å². The summed E-state index contributed by atoms with van der Waals surface area (Å²) in [5.74, 6) is 0.973. The van der Waals surface area contributed by atoms with Crippen molar-refractivity contribution in [3.8, 4) is 0 Å². The number of nitrogens with zero attached hydrogens (tertiary/aromatic N) is 1. The summed E-state index contributed by atoms with van der Waals surface area (Å²) < 4.78 is 0. The predicted octanol–water partition coefficient (Wildman–Crippen LogP) is 0.176. The maximum absolute atomic E-state index is 11.2. The van der Waals surface area contributed by atoms with E-state index in [-0.39, 0.29) is 11.7 Å². The number of likely N-dealkylation sites (tertiary alicyclic amines) is 1. The van der Waals surface area contributed by atoms with Crippen molar-refractivity contribution in [2.45, 2.75) is 32.2 Å². The van der Waals surface area contributed by atoms with Gasteiger partial charge < -0.3 is 5.32 Å². The number of carbonyl (C=O) groups is 2. The van der Waals surface area contributed by atoms with E-state index < -0.39 is 0 Å². The molecule has 2 aliphatic rings. The van der Waals surface area contributed by atoms with Crippen LogP contribution in [0, 0.1) is 5.92 Å². The molecule has 15 heavy (non-hydrogen) atoms. The molecular weight excluding hydrogens is 192 g/mol. The number of Topliss-reactive ketones (excluding diaryl/α,β-unsaturated/α-hetero) is 1. The Balaban J connectivity index is 1.89. The molecule has 2 rings (SSSR count). The quantitative estimate of drug-likeness (QED) is 0.707. The molecule has 2 aliphatic heterocycles. The van der Waals surface area contributed by atoms with Gasteiger partial charge in [-0.05, 0) is 25.7 Å². The zero-order valence-corrected chi connectivity index (χ0v) is 9.16. The van der Waals surface area contributed by atoms with Crippen molar-refractivity contribution in [3.05, 3.63) is 0 Å². The molecular formula is C11H18N2O2. The first kappa shape index (κ1) is 10.6. The molecule has 0 aromatic rings. The third-order valence-corrected chi connectivity index (χ3v) is 3.35. The number of hydrogen-bond donors (Lipinski definition) is 1. The van der Waals surface area contributed by atoms with Crippen molar-refractivity contribution in [2.75, 3.05) is 19.6 Å². The standard InChI is InChI=1S/C11H18N2O2/c1-8(14)6-13-5-4-10-9(7-13)2-3-11(15)12-10/h9-10H,2-7H2,1H3,(H,12,15). The largest absolute Gasteiger partial charge is 0.353 e. The highest BCUT2D eigenvalue weighted by Crippen LogP contribution is 2.24. The Bertz CT molecular complexity index is 278. The lowest BCUT2D eigenvalue weighted by Gasteiger charge is -2.41. The van der Waals surface area contributed by atoms with Gasteiger partial charge in [0.25, 0.3) is 0 Å². The minimum atomic E-state index is 0.191. The van der Waals surface area contributed by atoms with Crippen molar-refractivity contribution in [3.63, 3.8) is 0 Å². The summed E-state index contributed by atoms with van der Waals surface area (Å²) in [6.07, 6.45) is 2.61. The number of carbonyl (C=O) groups excluding carboxylic acids is 2. The number of hydrogen-bond acceptors (Lipinski definition) is 3. The van der Waals surface area contributed by atoms with E-state index in [1.807, 2.05) is 0 Å². The van der Waals surface area contributed by atoms with Gasteiger partial charge in [0.15, 0.2) is 0 Å². The van der Waals surface area contributed by atoms with E-state index in [9.17, 15) is 9.59 Å². The topological polar surface area (TPSA) is 49.4 Å². The second-order valence-corrected chi connectivity index (χ2v) is 4.70. The van der Waals surface area contributed by atoms with E-state index >= 15 is 0 Å². The number of rotatable bonds is 2. The fourth-order valence-corrected chi connectivity index (χ4v) is 2.64. The van der Waals surface area contributed by atoms with E-state index in [1.165, 1.54) is 0 Å². The van der Waals surface area contributed by atoms with Gasteiger partial charge in [0, 0.05) is 25.6 Å². The average Bonchev–Trinajstić information content (AvgIpc) is 2.17. The molecule has 84 valence electrons. The minimum Gasteiger partial charge on any atom is -0.353 e. The zero-order valence-electron chi connectivity index (χ0n) is 9.16. The lowest BCUT2D eigenvalue weighted by molar-refractivity contribution is -0.126. The van der Waals surface area contributed by atoms with Crippen molar-refractivity contribution in [1.82, 2.24) is 10.2 Å². The van der Waals surface area contributed by atoms with Crippen molar-refractivity contribution in [1.29, 1.82) is 0 Å². The molecule has 4 nitrogen and oxygen atoms in total. The van der Waals surface area contributed by atoms with Gasteiger partial charge in [-0.3, -0.25) is 14.5 Å². The summed E-state index contributed by atoms with van der Waals surface area (Å²) >= 11 is 0. The Morgan fingerprint density at radius 1 is 1.53 bits per heavy atom. The van der Waals surface area contributed by atoms with Gasteiger partial charge in [-0.15, -0.1) is 0 Å². The molecule has 0 spiro atoms. The molecule has 2 heterocycles. The van der Waals surface area contributed by atoms with Gasteiger partial charge in [-0.2, -0.15) is 0 Å². The summed E-state index contributed by atoms with van der Waals surface area (Å²) in [5, 5.41) is 3.04. The van der Waals surface area contributed by atoms with Crippen LogP contribution in [-0.4, -0.2) is 42.3 Å². The van der Waals surface area contributed by atoms with E-state index in [0.717, 1.165) is 25.9 Å². The molecule has 0 aliphatic carbocycles. The molecule has 2 fully saturated rings. The Hall–Kier alpha value is -0.900. The third-order valence-electron chi connectivity index (χ3n) is 3.35. The third kappa shape index (κ3) is 2.56. The molecule has 4 heteroatoms. The summed E-state index contributed by atoms with van der Waals surface area (Å²) in [6.45, 7) is 4.09. The first-order chi connectivity index (χ1) is 7.15. The van der Waals surface area contributed by atoms with Gasteiger partial charge in [-0.25, -0.2) is 0 Å². The Morgan fingerprint density at radius 2 is 2.33 bits per heavy atom. The smallest absolute Gasteiger partial charge is 0.220 e. The fourth-order valence-electron chi connectivity index (χ4n) is 2.64. The fraction of sp³-hybridized carbons (Fsp3) is 0.818. The molecule has 2 unspecified atom stereocenters. The van der Waals surface area contributed by atoms with E-state index in [0.29, 0.717) is 24.9 Å². The molecule has 0 aromatic carbocycles. The van der Waals surface area contributed by atoms with Crippen LogP contribution in [0.4, 0.5) is 0 Å². The number of fused-ring (bicyclic) bond motifs is 1. The molecule has 2 atom stereocenters. The Labute approximate surface area is 90.0 Å². The van der Waals surface area contributed by atoms with Gasteiger partial charge in [0.05, 0.1) is 6.54 Å². The molecule has 2 saturated heterocycles. The SMILES string of the molecule is CC(=O)CN1CCC2NC(=O)CCC2C1. The van der Waals surface area contributed by atoms with Crippen LogP contribution in [0.3, 0.4) is 0 Å². The molecule has 0 saturated carbocycles. The van der Waals surface area contributed by atoms with Crippen LogP contribution in [0.25, 0.3) is 0 Å². The van der Waals surface area contributed by atoms with E-state index in [2.05, 4.69) is 10.2 Å². The zero-order chi connectivity index (χ0) is 10.8. The van der Waals surface area contributed by atoms with Crippen molar-refractivity contribution in [2.24, 2.45) is 5.92 Å². The van der Waals surface area contributed by atoms with Crippen LogP contribution >= 0.6 is 0 Å². The predicted molar refractivity (Wildman–Crippen MR) is 56.4 cm³/mol. The van der Waals surface area contributed by atoms with Crippen LogP contribution in [0.1, 0.15) is 26.2 Å². The highest BCUT2D eigenvalue weighted by molar-refractivity contribution is 5.78. The van der Waals surface area contributed by atoms with Crippen LogP contribution in [0.5, 0.6) is 0 Å². The van der Waals surface area contributed by atoms with Gasteiger partial charge in [-0.1, -0.05) is 0 Å². The minimum absolute atomic E-state index is 0.191. The number of nitrogens with one attached hydrogen (secondary N) is 1. The normalized spacial score (nSPS) is 31.9. The monoisotopic (exact) mass is 210 g/mol. The Morgan fingerprint density at radius 3 is 3.07 bits per heavy atom. The number of piperidine rings is 2. The summed E-state index contributed by atoms with van der Waals surface area (Å²) in [6, 6.07) is 0.356. The van der Waals surface area contributed by atoms with E-state index in [4.69, 9.17) is 0 Å². The maximum atomic E-state index is 11.2. The van der Waals surface area contributed by atoms with Crippen LogP contribution < -0.4 is 5.32 Å². The molecule has 0 bridgehead atoms. The van der Waals surface area contributed by atoms with Crippen molar-refractivity contribution >= 4 is 11.7 Å². The van der Waals surface area contributed by atoms with Gasteiger partial charge in [0.1, 0.15) is 5.78 Å². The molecule has 0 radical (unpaired) electrons. The molecule has 1 amide bonds.